The smallest absolute Gasteiger partial charge is 0.256 e. The van der Waals surface area contributed by atoms with E-state index in [1.807, 2.05) is 17.0 Å². The summed E-state index contributed by atoms with van der Waals surface area (Å²) in [4.78, 5) is 22.2. The van der Waals surface area contributed by atoms with E-state index in [1.54, 1.807) is 7.11 Å². The van der Waals surface area contributed by atoms with E-state index in [0.717, 1.165) is 44.1 Å². The highest BCUT2D eigenvalue weighted by atomic mass is 16.5. The molecule has 154 valence electrons. The Kier molecular flexibility index (Phi) is 5.61. The van der Waals surface area contributed by atoms with Crippen LogP contribution in [-0.2, 0) is 11.2 Å². The Morgan fingerprint density at radius 1 is 1.18 bits per heavy atom. The number of carbonyl (C=O) groups excluding carboxylic acids is 1. The minimum absolute atomic E-state index is 0.0381. The van der Waals surface area contributed by atoms with Crippen molar-refractivity contribution in [2.45, 2.75) is 70.1 Å². The number of pyridine rings is 1. The maximum atomic E-state index is 13.0. The molecular weight excluding hydrogens is 354 g/mol. The molecule has 0 spiro atoms. The van der Waals surface area contributed by atoms with Gasteiger partial charge in [0.2, 0.25) is 5.88 Å². The number of rotatable bonds is 6. The second kappa shape index (κ2) is 7.99. The van der Waals surface area contributed by atoms with Crippen LogP contribution in [0.3, 0.4) is 0 Å². The molecule has 6 heteroatoms. The van der Waals surface area contributed by atoms with E-state index in [0.29, 0.717) is 24.6 Å². The fourth-order valence-electron chi connectivity index (χ4n) is 4.67. The SMILES string of the molecule is COCCN1C(=O)c2ccc(OC3CCN(C4CCC4)CC3)nc2CC1(C)C. The number of methoxy groups -OCH3 is 1. The Morgan fingerprint density at radius 2 is 1.93 bits per heavy atom. The number of nitrogens with zero attached hydrogens (tertiary/aromatic N) is 3. The predicted octanol–water partition coefficient (Wildman–Crippen LogP) is 2.90. The molecule has 1 aromatic heterocycles. The van der Waals surface area contributed by atoms with Gasteiger partial charge in [0.05, 0.1) is 17.9 Å². The lowest BCUT2D eigenvalue weighted by Gasteiger charge is -2.42. The van der Waals surface area contributed by atoms with Crippen LogP contribution in [0, 0.1) is 0 Å². The van der Waals surface area contributed by atoms with Crippen molar-refractivity contribution in [1.29, 1.82) is 0 Å². The van der Waals surface area contributed by atoms with E-state index in [-0.39, 0.29) is 17.6 Å². The Balaban J connectivity index is 1.41. The van der Waals surface area contributed by atoms with Gasteiger partial charge in [-0.05, 0) is 45.6 Å². The summed E-state index contributed by atoms with van der Waals surface area (Å²) < 4.78 is 11.4. The third-order valence-corrected chi connectivity index (χ3v) is 6.63. The van der Waals surface area contributed by atoms with Crippen molar-refractivity contribution in [3.8, 4) is 5.88 Å². The summed E-state index contributed by atoms with van der Waals surface area (Å²) in [5.41, 5.74) is 1.28. The highest BCUT2D eigenvalue weighted by molar-refractivity contribution is 5.97. The molecule has 3 aliphatic rings. The average Bonchev–Trinajstić information content (AvgIpc) is 2.61. The Labute approximate surface area is 168 Å². The Morgan fingerprint density at radius 3 is 2.57 bits per heavy atom. The molecule has 28 heavy (non-hydrogen) atoms. The quantitative estimate of drug-likeness (QED) is 0.751. The molecule has 0 atom stereocenters. The molecule has 1 saturated heterocycles. The van der Waals surface area contributed by atoms with Gasteiger partial charge in [0, 0.05) is 50.8 Å². The number of carbonyl (C=O) groups is 1. The monoisotopic (exact) mass is 387 g/mol. The maximum absolute atomic E-state index is 13.0. The van der Waals surface area contributed by atoms with Crippen molar-refractivity contribution in [3.05, 3.63) is 23.4 Å². The number of hydrogen-bond donors (Lipinski definition) is 0. The number of fused-ring (bicyclic) bond motifs is 1. The van der Waals surface area contributed by atoms with Gasteiger partial charge in [0.25, 0.3) is 5.91 Å². The molecule has 0 bridgehead atoms. The van der Waals surface area contributed by atoms with Crippen LogP contribution in [0.15, 0.2) is 12.1 Å². The number of piperidine rings is 1. The molecule has 2 aliphatic heterocycles. The molecule has 0 N–H and O–H groups in total. The molecule has 1 aliphatic carbocycles. The molecule has 4 rings (SSSR count). The van der Waals surface area contributed by atoms with Gasteiger partial charge in [-0.1, -0.05) is 6.42 Å². The van der Waals surface area contributed by atoms with Crippen LogP contribution in [0.1, 0.15) is 62.0 Å². The molecule has 1 amide bonds. The highest BCUT2D eigenvalue weighted by Crippen LogP contribution is 2.32. The van der Waals surface area contributed by atoms with E-state index in [9.17, 15) is 4.79 Å². The lowest BCUT2D eigenvalue weighted by atomic mass is 9.88. The summed E-state index contributed by atoms with van der Waals surface area (Å²) in [6, 6.07) is 4.57. The van der Waals surface area contributed by atoms with Crippen LogP contribution in [0.2, 0.25) is 0 Å². The van der Waals surface area contributed by atoms with Crippen LogP contribution in [0.25, 0.3) is 0 Å². The van der Waals surface area contributed by atoms with Crippen LogP contribution < -0.4 is 4.74 Å². The lowest BCUT2D eigenvalue weighted by molar-refractivity contribution is 0.0397. The molecule has 1 saturated carbocycles. The van der Waals surface area contributed by atoms with Crippen LogP contribution >= 0.6 is 0 Å². The summed E-state index contributed by atoms with van der Waals surface area (Å²) in [5, 5.41) is 0. The number of hydrogen-bond acceptors (Lipinski definition) is 5. The molecule has 0 aromatic carbocycles. The van der Waals surface area contributed by atoms with E-state index in [2.05, 4.69) is 18.7 Å². The summed E-state index contributed by atoms with van der Waals surface area (Å²) in [5.74, 6) is 0.700. The maximum Gasteiger partial charge on any atom is 0.256 e. The lowest BCUT2D eigenvalue weighted by Crippen LogP contribution is -2.54. The largest absolute Gasteiger partial charge is 0.474 e. The Hall–Kier alpha value is -1.66. The number of amides is 1. The molecule has 2 fully saturated rings. The van der Waals surface area contributed by atoms with Crippen molar-refractivity contribution in [2.75, 3.05) is 33.4 Å². The standard InChI is InChI=1S/C22H33N3O3/c1-22(2)15-19-18(21(26)25(22)13-14-27-3)7-8-20(23-19)28-17-9-11-24(12-10-17)16-5-4-6-16/h7-8,16-17H,4-6,9-15H2,1-3H3. The third-order valence-electron chi connectivity index (χ3n) is 6.63. The number of ether oxygens (including phenoxy) is 2. The fourth-order valence-corrected chi connectivity index (χ4v) is 4.67. The molecule has 1 aromatic rings. The zero-order chi connectivity index (χ0) is 19.7. The minimum Gasteiger partial charge on any atom is -0.474 e. The molecule has 6 nitrogen and oxygen atoms in total. The number of likely N-dealkylation sites (tertiary alicyclic amines) is 1. The Bertz CT molecular complexity index is 709. The first-order chi connectivity index (χ1) is 13.5. The van der Waals surface area contributed by atoms with Gasteiger partial charge < -0.3 is 19.3 Å². The van der Waals surface area contributed by atoms with Crippen molar-refractivity contribution < 1.29 is 14.3 Å². The zero-order valence-electron chi connectivity index (χ0n) is 17.4. The van der Waals surface area contributed by atoms with E-state index in [1.165, 1.54) is 19.3 Å². The first-order valence-corrected chi connectivity index (χ1v) is 10.7. The average molecular weight is 388 g/mol. The first-order valence-electron chi connectivity index (χ1n) is 10.7. The van der Waals surface area contributed by atoms with Crippen LogP contribution in [0.4, 0.5) is 0 Å². The summed E-state index contributed by atoms with van der Waals surface area (Å²) >= 11 is 0. The second-order valence-corrected chi connectivity index (χ2v) is 9.02. The third kappa shape index (κ3) is 3.90. The molecule has 0 radical (unpaired) electrons. The highest BCUT2D eigenvalue weighted by Gasteiger charge is 2.39. The van der Waals surface area contributed by atoms with Gasteiger partial charge in [-0.3, -0.25) is 4.79 Å². The van der Waals surface area contributed by atoms with Crippen LogP contribution in [-0.4, -0.2) is 71.7 Å². The van der Waals surface area contributed by atoms with Crippen molar-refractivity contribution in [3.63, 3.8) is 0 Å². The van der Waals surface area contributed by atoms with Crippen LogP contribution in [0.5, 0.6) is 5.88 Å². The zero-order valence-corrected chi connectivity index (χ0v) is 17.4. The predicted molar refractivity (Wildman–Crippen MR) is 108 cm³/mol. The molecule has 3 heterocycles. The van der Waals surface area contributed by atoms with Gasteiger partial charge in [-0.2, -0.15) is 0 Å². The van der Waals surface area contributed by atoms with Gasteiger partial charge >= 0.3 is 0 Å². The fraction of sp³-hybridized carbons (Fsp3) is 0.727. The van der Waals surface area contributed by atoms with Gasteiger partial charge in [0.15, 0.2) is 0 Å². The van der Waals surface area contributed by atoms with E-state index in [4.69, 9.17) is 14.5 Å². The normalized spacial score (nSPS) is 23.4. The summed E-state index contributed by atoms with van der Waals surface area (Å²) in [7, 11) is 1.66. The van der Waals surface area contributed by atoms with Crippen molar-refractivity contribution in [1.82, 2.24) is 14.8 Å². The summed E-state index contributed by atoms with van der Waals surface area (Å²) in [6.45, 7) is 7.57. The van der Waals surface area contributed by atoms with Gasteiger partial charge in [0.1, 0.15) is 6.10 Å². The van der Waals surface area contributed by atoms with E-state index >= 15 is 0 Å². The molecular formula is C22H33N3O3. The first kappa shape index (κ1) is 19.6. The van der Waals surface area contributed by atoms with Crippen molar-refractivity contribution in [2.24, 2.45) is 0 Å². The topological polar surface area (TPSA) is 54.9 Å². The van der Waals surface area contributed by atoms with Gasteiger partial charge in [-0.25, -0.2) is 4.98 Å². The van der Waals surface area contributed by atoms with Gasteiger partial charge in [-0.15, -0.1) is 0 Å². The summed E-state index contributed by atoms with van der Waals surface area (Å²) in [6.07, 6.45) is 7.20. The second-order valence-electron chi connectivity index (χ2n) is 9.02. The van der Waals surface area contributed by atoms with Crippen molar-refractivity contribution >= 4 is 5.91 Å². The minimum atomic E-state index is -0.275. The number of aromatic nitrogens is 1. The molecule has 0 unspecified atom stereocenters. The van der Waals surface area contributed by atoms with E-state index < -0.39 is 0 Å².